The van der Waals surface area contributed by atoms with E-state index in [1.54, 1.807) is 0 Å². The van der Waals surface area contributed by atoms with Gasteiger partial charge in [0.05, 0.1) is 0 Å². The van der Waals surface area contributed by atoms with Crippen molar-refractivity contribution in [1.29, 1.82) is 0 Å². The van der Waals surface area contributed by atoms with Gasteiger partial charge < -0.3 is 10.2 Å². The molecule has 0 aromatic heterocycles. The van der Waals surface area contributed by atoms with Crippen LogP contribution in [0.1, 0.15) is 27.7 Å². The number of rotatable bonds is 2. The summed E-state index contributed by atoms with van der Waals surface area (Å²) in [6.07, 6.45) is 2.11. The van der Waals surface area contributed by atoms with Gasteiger partial charge in [-0.2, -0.15) is 0 Å². The minimum absolute atomic E-state index is 0. The van der Waals surface area contributed by atoms with Gasteiger partial charge in [-0.1, -0.05) is 13.8 Å². The van der Waals surface area contributed by atoms with E-state index >= 15 is 0 Å². The Hall–Kier alpha value is -0.320. The fraction of sp³-hybridized carbons (Fsp3) is 0.400. The Labute approximate surface area is 120 Å². The van der Waals surface area contributed by atoms with Crippen LogP contribution in [-0.4, -0.2) is 49.3 Å². The zero-order valence-electron chi connectivity index (χ0n) is 9.49. The molecule has 0 fully saturated rings. The molecule has 80 valence electrons. The molecular weight excluding hydrogens is 224 g/mol. The maximum atomic E-state index is 9.98. The van der Waals surface area contributed by atoms with Crippen molar-refractivity contribution in [2.45, 2.75) is 27.7 Å². The van der Waals surface area contributed by atoms with Crippen LogP contribution in [0.15, 0.2) is 23.7 Å². The van der Waals surface area contributed by atoms with Crippen molar-refractivity contribution < 1.29 is 19.8 Å². The molecule has 5 heteroatoms. The van der Waals surface area contributed by atoms with Crippen LogP contribution in [0, 0.1) is 0 Å². The van der Waals surface area contributed by atoms with Gasteiger partial charge in [-0.15, -0.1) is 11.5 Å². The number of allylic oxidation sites excluding steroid dienone is 4. The van der Waals surface area contributed by atoms with Crippen molar-refractivity contribution in [3.63, 3.8) is 0 Å². The minimum Gasteiger partial charge on any atom is -0.876 e. The number of ketones is 2. The zero-order valence-corrected chi connectivity index (χ0v) is 11.7. The van der Waals surface area contributed by atoms with E-state index in [2.05, 4.69) is 0 Å². The molecule has 0 aliphatic heterocycles. The fourth-order valence-electron chi connectivity index (χ4n) is 0.572. The van der Waals surface area contributed by atoms with Crippen LogP contribution in [0.25, 0.3) is 0 Å². The van der Waals surface area contributed by atoms with Crippen LogP contribution in [-0.2, 0) is 9.59 Å². The van der Waals surface area contributed by atoms with Crippen molar-refractivity contribution in [3.8, 4) is 0 Å². The molecule has 0 heterocycles. The predicted molar refractivity (Wildman–Crippen MR) is 54.6 cm³/mol. The Morgan fingerprint density at radius 3 is 1.00 bits per heavy atom. The predicted octanol–water partition coefficient (Wildman–Crippen LogP) is -0.702. The first-order valence-electron chi connectivity index (χ1n) is 3.97. The first-order valence-corrected chi connectivity index (χ1v) is 3.97. The number of hydrogen-bond donors (Lipinski definition) is 0. The summed E-state index contributed by atoms with van der Waals surface area (Å²) < 4.78 is 0. The maximum absolute atomic E-state index is 9.98. The van der Waals surface area contributed by atoms with Gasteiger partial charge in [0.25, 0.3) is 0 Å². The van der Waals surface area contributed by atoms with Gasteiger partial charge in [-0.3, -0.25) is 9.59 Å². The van der Waals surface area contributed by atoms with Gasteiger partial charge in [0.1, 0.15) is 0 Å². The zero-order chi connectivity index (χ0) is 11.7. The molecule has 0 spiro atoms. The third kappa shape index (κ3) is 31.6. The van der Waals surface area contributed by atoms with Crippen LogP contribution >= 0.6 is 0 Å². The Bertz CT molecular complexity index is 231. The molecule has 0 atom stereocenters. The van der Waals surface area contributed by atoms with Crippen LogP contribution in [0.2, 0.25) is 0 Å². The average molecular weight is 238 g/mol. The maximum Gasteiger partial charge on any atom is 2.00 e. The summed E-state index contributed by atoms with van der Waals surface area (Å²) in [5, 5.41) is 20.0. The molecule has 0 rings (SSSR count). The minimum atomic E-state index is -0.187. The second-order valence-corrected chi connectivity index (χ2v) is 2.73. The summed E-state index contributed by atoms with van der Waals surface area (Å²) in [5.41, 5.74) is 0. The Kier molecular flexibility index (Phi) is 15.8. The second kappa shape index (κ2) is 11.8. The normalized spacial score (nSPS) is 10.7. The first-order chi connectivity index (χ1) is 6.25. The van der Waals surface area contributed by atoms with Crippen LogP contribution in [0.5, 0.6) is 0 Å². The topological polar surface area (TPSA) is 80.3 Å². The third-order valence-corrected chi connectivity index (χ3v) is 0.813. The molecule has 0 radical (unpaired) electrons. The number of carbonyl (C=O) groups is 2. The molecular formula is C10H14CaO4. The summed E-state index contributed by atoms with van der Waals surface area (Å²) in [6, 6.07) is 0. The van der Waals surface area contributed by atoms with Crippen molar-refractivity contribution in [3.05, 3.63) is 23.7 Å². The summed E-state index contributed by atoms with van der Waals surface area (Å²) in [5.74, 6) is -0.750. The Morgan fingerprint density at radius 2 is 1.00 bits per heavy atom. The monoisotopic (exact) mass is 238 g/mol. The molecule has 0 N–H and O–H groups in total. The molecule has 0 aliphatic rings. The van der Waals surface area contributed by atoms with Gasteiger partial charge in [0.15, 0.2) is 11.6 Å². The van der Waals surface area contributed by atoms with Crippen molar-refractivity contribution >= 4 is 49.3 Å². The second-order valence-electron chi connectivity index (χ2n) is 2.73. The molecule has 4 nitrogen and oxygen atoms in total. The van der Waals surface area contributed by atoms with E-state index in [-0.39, 0.29) is 60.8 Å². The molecule has 0 saturated carbocycles. The van der Waals surface area contributed by atoms with Crippen molar-refractivity contribution in [2.75, 3.05) is 0 Å². The van der Waals surface area contributed by atoms with Crippen LogP contribution in [0.3, 0.4) is 0 Å². The molecule has 0 bridgehead atoms. The molecule has 0 saturated heterocycles. The standard InChI is InChI=1S/2C5H8O2.Ca/c2*1-4(6)3-5(2)7;/h2*3,6H,1-2H3;/q;;+2/p-2/b2*4-3+;. The van der Waals surface area contributed by atoms with E-state index in [9.17, 15) is 19.8 Å². The summed E-state index contributed by atoms with van der Waals surface area (Å²) in [6.45, 7) is 5.39. The Morgan fingerprint density at radius 1 is 0.800 bits per heavy atom. The van der Waals surface area contributed by atoms with E-state index in [0.717, 1.165) is 12.2 Å². The number of carbonyl (C=O) groups excluding carboxylic acids is 2. The van der Waals surface area contributed by atoms with Gasteiger partial charge in [0, 0.05) is 0 Å². The molecule has 15 heavy (non-hydrogen) atoms. The number of hydrogen-bond acceptors (Lipinski definition) is 4. The van der Waals surface area contributed by atoms with Crippen LogP contribution in [0.4, 0.5) is 0 Å². The van der Waals surface area contributed by atoms with Gasteiger partial charge in [-0.25, -0.2) is 0 Å². The molecule has 0 aromatic carbocycles. The SMILES string of the molecule is CC(=O)/C=C(\C)[O-].CC(=O)/C=C(\C)[O-].[Ca+2]. The molecule has 0 unspecified atom stereocenters. The summed E-state index contributed by atoms with van der Waals surface area (Å²) >= 11 is 0. The van der Waals surface area contributed by atoms with E-state index in [0.29, 0.717) is 0 Å². The Balaban J connectivity index is -0.000000180. The smallest absolute Gasteiger partial charge is 0.876 e. The first kappa shape index (κ1) is 20.1. The van der Waals surface area contributed by atoms with Crippen LogP contribution < -0.4 is 10.2 Å². The van der Waals surface area contributed by atoms with E-state index in [1.807, 2.05) is 0 Å². The van der Waals surface area contributed by atoms with E-state index in [1.165, 1.54) is 27.7 Å². The third-order valence-electron chi connectivity index (χ3n) is 0.813. The van der Waals surface area contributed by atoms with E-state index < -0.39 is 0 Å². The summed E-state index contributed by atoms with van der Waals surface area (Å²) in [4.78, 5) is 20.0. The quantitative estimate of drug-likeness (QED) is 0.362. The fourth-order valence-corrected chi connectivity index (χ4v) is 0.572. The van der Waals surface area contributed by atoms with Gasteiger partial charge >= 0.3 is 37.7 Å². The molecule has 0 aromatic rings. The largest absolute Gasteiger partial charge is 2.00 e. The molecule has 0 amide bonds. The van der Waals surface area contributed by atoms with Gasteiger partial charge in [-0.05, 0) is 26.0 Å². The van der Waals surface area contributed by atoms with Crippen molar-refractivity contribution in [2.24, 2.45) is 0 Å². The van der Waals surface area contributed by atoms with E-state index in [4.69, 9.17) is 0 Å². The summed E-state index contributed by atoms with van der Waals surface area (Å²) in [7, 11) is 0. The van der Waals surface area contributed by atoms with Crippen molar-refractivity contribution in [1.82, 2.24) is 0 Å². The molecule has 0 aliphatic carbocycles. The van der Waals surface area contributed by atoms with Gasteiger partial charge in [0.2, 0.25) is 0 Å². The average Bonchev–Trinajstić information content (AvgIpc) is 1.79.